The van der Waals surface area contributed by atoms with Gasteiger partial charge in [-0.15, -0.1) is 0 Å². The van der Waals surface area contributed by atoms with Gasteiger partial charge in [-0.2, -0.15) is 0 Å². The average Bonchev–Trinajstić information content (AvgIpc) is 2.47. The third-order valence-corrected chi connectivity index (χ3v) is 3.38. The number of hydrogen-bond acceptors (Lipinski definition) is 3. The first-order valence-corrected chi connectivity index (χ1v) is 6.89. The molecular formula is C15H13BrFNO3. The number of carbonyl (C=O) groups is 1. The third kappa shape index (κ3) is 3.72. The Morgan fingerprint density at radius 1 is 1.33 bits per heavy atom. The second-order valence-electron chi connectivity index (χ2n) is 4.31. The second kappa shape index (κ2) is 6.58. The highest BCUT2D eigenvalue weighted by atomic mass is 79.9. The van der Waals surface area contributed by atoms with E-state index in [-0.39, 0.29) is 23.6 Å². The summed E-state index contributed by atoms with van der Waals surface area (Å²) < 4.78 is 19.2. The fraction of sp³-hybridized carbons (Fsp3) is 0.133. The smallest absolute Gasteiger partial charge is 0.251 e. The van der Waals surface area contributed by atoms with Crippen molar-refractivity contribution in [1.82, 2.24) is 5.32 Å². The Labute approximate surface area is 129 Å². The van der Waals surface area contributed by atoms with Crippen molar-refractivity contribution in [3.8, 4) is 11.5 Å². The van der Waals surface area contributed by atoms with Crippen LogP contribution in [0, 0.1) is 5.82 Å². The Bertz CT molecular complexity index is 676. The average molecular weight is 354 g/mol. The Balaban J connectivity index is 2.08. The monoisotopic (exact) mass is 353 g/mol. The number of ether oxygens (including phenoxy) is 1. The minimum absolute atomic E-state index is 0.0525. The second-order valence-corrected chi connectivity index (χ2v) is 5.22. The van der Waals surface area contributed by atoms with E-state index in [1.54, 1.807) is 12.1 Å². The summed E-state index contributed by atoms with van der Waals surface area (Å²) in [4.78, 5) is 12.0. The molecule has 2 aromatic carbocycles. The number of aromatic hydroxyl groups is 1. The molecule has 0 heterocycles. The zero-order chi connectivity index (χ0) is 15.4. The third-order valence-electron chi connectivity index (χ3n) is 2.89. The molecule has 1 amide bonds. The summed E-state index contributed by atoms with van der Waals surface area (Å²) in [6.07, 6.45) is 0. The summed E-state index contributed by atoms with van der Waals surface area (Å²) in [6.45, 7) is 0.0525. The van der Waals surface area contributed by atoms with Crippen LogP contribution < -0.4 is 10.1 Å². The number of nitrogens with one attached hydrogen (secondary N) is 1. The van der Waals surface area contributed by atoms with E-state index in [9.17, 15) is 14.3 Å². The number of methoxy groups -OCH3 is 1. The summed E-state index contributed by atoms with van der Waals surface area (Å²) >= 11 is 3.25. The molecule has 2 aromatic rings. The number of rotatable bonds is 4. The van der Waals surface area contributed by atoms with E-state index in [2.05, 4.69) is 21.2 Å². The molecule has 0 fully saturated rings. The lowest BCUT2D eigenvalue weighted by Crippen LogP contribution is -2.23. The lowest BCUT2D eigenvalue weighted by atomic mass is 10.1. The van der Waals surface area contributed by atoms with Gasteiger partial charge in [0.1, 0.15) is 5.82 Å². The number of amides is 1. The van der Waals surface area contributed by atoms with Crippen molar-refractivity contribution in [1.29, 1.82) is 0 Å². The number of benzene rings is 2. The lowest BCUT2D eigenvalue weighted by Gasteiger charge is -2.08. The first-order chi connectivity index (χ1) is 10.0. The number of halogens is 2. The van der Waals surface area contributed by atoms with Crippen molar-refractivity contribution in [2.75, 3.05) is 7.11 Å². The van der Waals surface area contributed by atoms with Crippen LogP contribution in [0.5, 0.6) is 11.5 Å². The molecule has 6 heteroatoms. The van der Waals surface area contributed by atoms with Crippen molar-refractivity contribution in [3.63, 3.8) is 0 Å². The van der Waals surface area contributed by atoms with Crippen LogP contribution in [0.3, 0.4) is 0 Å². The largest absolute Gasteiger partial charge is 0.504 e. The van der Waals surface area contributed by atoms with Crippen LogP contribution in [0.2, 0.25) is 0 Å². The molecule has 4 nitrogen and oxygen atoms in total. The molecule has 0 saturated heterocycles. The van der Waals surface area contributed by atoms with E-state index >= 15 is 0 Å². The van der Waals surface area contributed by atoms with E-state index < -0.39 is 11.7 Å². The first kappa shape index (κ1) is 15.3. The maximum absolute atomic E-state index is 13.6. The van der Waals surface area contributed by atoms with Gasteiger partial charge in [0.15, 0.2) is 11.5 Å². The molecular weight excluding hydrogens is 341 g/mol. The minimum Gasteiger partial charge on any atom is -0.504 e. The summed E-state index contributed by atoms with van der Waals surface area (Å²) in [7, 11) is 1.42. The van der Waals surface area contributed by atoms with Crippen LogP contribution in [-0.2, 0) is 6.54 Å². The standard InChI is InChI=1S/C15H13BrFNO3/c1-21-14-5-2-9(7-13(14)19)15(20)18-8-10-6-11(16)3-4-12(10)17/h2-7,19H,8H2,1H3,(H,18,20). The maximum atomic E-state index is 13.6. The Kier molecular flexibility index (Phi) is 4.80. The SMILES string of the molecule is COc1ccc(C(=O)NCc2cc(Br)ccc2F)cc1O. The molecule has 0 atom stereocenters. The van der Waals surface area contributed by atoms with Crippen LogP contribution in [0.15, 0.2) is 40.9 Å². The van der Waals surface area contributed by atoms with Crippen LogP contribution in [0.4, 0.5) is 4.39 Å². The van der Waals surface area contributed by atoms with E-state index in [0.29, 0.717) is 5.56 Å². The normalized spacial score (nSPS) is 10.2. The molecule has 0 aliphatic carbocycles. The van der Waals surface area contributed by atoms with Crippen LogP contribution in [0.1, 0.15) is 15.9 Å². The molecule has 0 aliphatic rings. The van der Waals surface area contributed by atoms with Crippen molar-refractivity contribution in [2.24, 2.45) is 0 Å². The number of phenolic OH excluding ortho intramolecular Hbond substituents is 1. The van der Waals surface area contributed by atoms with Gasteiger partial charge in [0, 0.05) is 22.1 Å². The summed E-state index contributed by atoms with van der Waals surface area (Å²) in [5, 5.41) is 12.2. The Morgan fingerprint density at radius 2 is 2.10 bits per heavy atom. The van der Waals surface area contributed by atoms with Crippen molar-refractivity contribution in [3.05, 3.63) is 57.8 Å². The van der Waals surface area contributed by atoms with Gasteiger partial charge in [-0.1, -0.05) is 15.9 Å². The molecule has 0 radical (unpaired) electrons. The quantitative estimate of drug-likeness (QED) is 0.886. The van der Waals surface area contributed by atoms with Gasteiger partial charge in [-0.05, 0) is 36.4 Å². The topological polar surface area (TPSA) is 58.6 Å². The van der Waals surface area contributed by atoms with Crippen molar-refractivity contribution < 1.29 is 19.0 Å². The fourth-order valence-electron chi connectivity index (χ4n) is 1.79. The molecule has 0 unspecified atom stereocenters. The number of phenols is 1. The van der Waals surface area contributed by atoms with Crippen LogP contribution >= 0.6 is 15.9 Å². The fourth-order valence-corrected chi connectivity index (χ4v) is 2.20. The molecule has 2 N–H and O–H groups in total. The van der Waals surface area contributed by atoms with E-state index in [1.165, 1.54) is 31.4 Å². The predicted octanol–water partition coefficient (Wildman–Crippen LogP) is 3.23. The van der Waals surface area contributed by atoms with Crippen molar-refractivity contribution >= 4 is 21.8 Å². The number of carbonyl (C=O) groups excluding carboxylic acids is 1. The zero-order valence-corrected chi connectivity index (χ0v) is 12.8. The Morgan fingerprint density at radius 3 is 2.76 bits per heavy atom. The van der Waals surface area contributed by atoms with E-state index in [1.807, 2.05) is 0 Å². The Hall–Kier alpha value is -2.08. The lowest BCUT2D eigenvalue weighted by molar-refractivity contribution is 0.0950. The van der Waals surface area contributed by atoms with Crippen LogP contribution in [-0.4, -0.2) is 18.1 Å². The predicted molar refractivity (Wildman–Crippen MR) is 79.9 cm³/mol. The summed E-state index contributed by atoms with van der Waals surface area (Å²) in [6, 6.07) is 8.81. The van der Waals surface area contributed by atoms with Crippen molar-refractivity contribution in [2.45, 2.75) is 6.54 Å². The maximum Gasteiger partial charge on any atom is 0.251 e. The van der Waals surface area contributed by atoms with Gasteiger partial charge in [0.25, 0.3) is 5.91 Å². The first-order valence-electron chi connectivity index (χ1n) is 6.10. The molecule has 21 heavy (non-hydrogen) atoms. The molecule has 0 bridgehead atoms. The minimum atomic E-state index is -0.410. The number of hydrogen-bond donors (Lipinski definition) is 2. The van der Waals surface area contributed by atoms with E-state index in [0.717, 1.165) is 4.47 Å². The van der Waals surface area contributed by atoms with Crippen LogP contribution in [0.25, 0.3) is 0 Å². The van der Waals surface area contributed by atoms with Gasteiger partial charge in [0.2, 0.25) is 0 Å². The molecule has 0 spiro atoms. The van der Waals surface area contributed by atoms with E-state index in [4.69, 9.17) is 4.74 Å². The summed E-state index contributed by atoms with van der Waals surface area (Å²) in [5.74, 6) is -0.647. The molecule has 2 rings (SSSR count). The van der Waals surface area contributed by atoms with Gasteiger partial charge < -0.3 is 15.2 Å². The highest BCUT2D eigenvalue weighted by molar-refractivity contribution is 9.10. The molecule has 0 aromatic heterocycles. The van der Waals surface area contributed by atoms with Gasteiger partial charge >= 0.3 is 0 Å². The van der Waals surface area contributed by atoms with Gasteiger partial charge in [0.05, 0.1) is 7.11 Å². The molecule has 0 saturated carbocycles. The van der Waals surface area contributed by atoms with Gasteiger partial charge in [-0.3, -0.25) is 4.79 Å². The van der Waals surface area contributed by atoms with Gasteiger partial charge in [-0.25, -0.2) is 4.39 Å². The highest BCUT2D eigenvalue weighted by Gasteiger charge is 2.10. The molecule has 110 valence electrons. The zero-order valence-electron chi connectivity index (χ0n) is 11.2. The highest BCUT2D eigenvalue weighted by Crippen LogP contribution is 2.26. The summed E-state index contributed by atoms with van der Waals surface area (Å²) in [5.41, 5.74) is 0.638. The molecule has 0 aliphatic heterocycles.